The van der Waals surface area contributed by atoms with Gasteiger partial charge in [0.1, 0.15) is 17.3 Å². The molecule has 0 saturated carbocycles. The van der Waals surface area contributed by atoms with E-state index in [2.05, 4.69) is 14.9 Å². The molecule has 0 amide bonds. The van der Waals surface area contributed by atoms with Gasteiger partial charge in [0.05, 0.1) is 18.4 Å². The lowest BCUT2D eigenvalue weighted by Gasteiger charge is -2.15. The van der Waals surface area contributed by atoms with Crippen molar-refractivity contribution < 1.29 is 13.5 Å². The number of halogens is 1. The van der Waals surface area contributed by atoms with E-state index in [1.54, 1.807) is 18.3 Å². The van der Waals surface area contributed by atoms with E-state index in [1.807, 2.05) is 32.3 Å². The molecule has 0 aliphatic rings. The molecule has 0 spiro atoms. The van der Waals surface area contributed by atoms with Gasteiger partial charge in [-0.05, 0) is 37.7 Å². The van der Waals surface area contributed by atoms with Gasteiger partial charge in [-0.15, -0.1) is 0 Å². The highest BCUT2D eigenvalue weighted by Crippen LogP contribution is 2.27. The first-order chi connectivity index (χ1) is 12.1. The first-order valence-electron chi connectivity index (χ1n) is 7.94. The summed E-state index contributed by atoms with van der Waals surface area (Å²) in [5, 5.41) is 0. The Morgan fingerprint density at radius 2 is 2.08 bits per heavy atom. The number of hydrogen-bond acceptors (Lipinski definition) is 5. The quantitative estimate of drug-likeness (QED) is 0.682. The van der Waals surface area contributed by atoms with Gasteiger partial charge in [0.15, 0.2) is 0 Å². The Labute approximate surface area is 146 Å². The van der Waals surface area contributed by atoms with Gasteiger partial charge in [0.2, 0.25) is 5.89 Å². The van der Waals surface area contributed by atoms with Gasteiger partial charge in [-0.3, -0.25) is 9.88 Å². The van der Waals surface area contributed by atoms with Crippen molar-refractivity contribution in [3.05, 3.63) is 65.6 Å². The Morgan fingerprint density at radius 1 is 1.24 bits per heavy atom. The number of aromatic nitrogens is 2. The van der Waals surface area contributed by atoms with Crippen molar-refractivity contribution in [2.24, 2.45) is 0 Å². The Balaban J connectivity index is 1.76. The summed E-state index contributed by atoms with van der Waals surface area (Å²) in [4.78, 5) is 10.7. The molecular formula is C19H20FN3O2. The Morgan fingerprint density at radius 3 is 2.76 bits per heavy atom. The van der Waals surface area contributed by atoms with Gasteiger partial charge in [-0.1, -0.05) is 6.07 Å². The molecule has 25 heavy (non-hydrogen) atoms. The normalized spacial score (nSPS) is 11.1. The molecule has 0 fully saturated rings. The average molecular weight is 341 g/mol. The topological polar surface area (TPSA) is 51.4 Å². The van der Waals surface area contributed by atoms with Gasteiger partial charge < -0.3 is 9.15 Å². The zero-order valence-electron chi connectivity index (χ0n) is 14.5. The van der Waals surface area contributed by atoms with Crippen LogP contribution in [0, 0.1) is 12.7 Å². The Kier molecular flexibility index (Phi) is 5.09. The van der Waals surface area contributed by atoms with Gasteiger partial charge in [0, 0.05) is 31.5 Å². The minimum absolute atomic E-state index is 0.280. The largest absolute Gasteiger partial charge is 0.497 e. The fourth-order valence-corrected chi connectivity index (χ4v) is 2.60. The summed E-state index contributed by atoms with van der Waals surface area (Å²) >= 11 is 0. The van der Waals surface area contributed by atoms with Crippen molar-refractivity contribution in [2.45, 2.75) is 20.0 Å². The molecular weight excluding hydrogens is 321 g/mol. The molecule has 0 N–H and O–H groups in total. The number of benzene rings is 1. The molecule has 0 unspecified atom stereocenters. The van der Waals surface area contributed by atoms with Crippen molar-refractivity contribution >= 4 is 0 Å². The zero-order valence-corrected chi connectivity index (χ0v) is 14.5. The van der Waals surface area contributed by atoms with Gasteiger partial charge in [0.25, 0.3) is 0 Å². The highest BCUT2D eigenvalue weighted by Gasteiger charge is 2.16. The fraction of sp³-hybridized carbons (Fsp3) is 0.263. The minimum atomic E-state index is -0.420. The second-order valence-corrected chi connectivity index (χ2v) is 5.90. The van der Waals surface area contributed by atoms with E-state index in [9.17, 15) is 4.39 Å². The number of aryl methyl sites for hydroxylation is 1. The summed E-state index contributed by atoms with van der Waals surface area (Å²) in [5.41, 5.74) is 2.23. The van der Waals surface area contributed by atoms with Crippen LogP contribution in [0.15, 0.2) is 47.1 Å². The van der Waals surface area contributed by atoms with E-state index in [0.717, 1.165) is 17.8 Å². The van der Waals surface area contributed by atoms with Crippen LogP contribution in [0.1, 0.15) is 17.0 Å². The lowest BCUT2D eigenvalue weighted by molar-refractivity contribution is 0.313. The van der Waals surface area contributed by atoms with Crippen LogP contribution in [0.25, 0.3) is 11.5 Å². The maximum absolute atomic E-state index is 14.2. The maximum Gasteiger partial charge on any atom is 0.229 e. The molecule has 0 aliphatic carbocycles. The van der Waals surface area contributed by atoms with Crippen LogP contribution in [0.5, 0.6) is 5.75 Å². The Hall–Kier alpha value is -2.73. The van der Waals surface area contributed by atoms with Crippen molar-refractivity contribution in [1.82, 2.24) is 14.9 Å². The lowest BCUT2D eigenvalue weighted by atomic mass is 10.2. The van der Waals surface area contributed by atoms with Crippen LogP contribution in [-0.4, -0.2) is 29.0 Å². The second kappa shape index (κ2) is 7.44. The second-order valence-electron chi connectivity index (χ2n) is 5.90. The highest BCUT2D eigenvalue weighted by molar-refractivity contribution is 5.56. The molecule has 0 aliphatic heterocycles. The highest BCUT2D eigenvalue weighted by atomic mass is 19.1. The smallest absolute Gasteiger partial charge is 0.229 e. The summed E-state index contributed by atoms with van der Waals surface area (Å²) < 4.78 is 24.9. The number of rotatable bonds is 6. The number of methoxy groups -OCH3 is 1. The molecule has 1 aromatic carbocycles. The van der Waals surface area contributed by atoms with Crippen LogP contribution in [0.4, 0.5) is 4.39 Å². The van der Waals surface area contributed by atoms with E-state index in [-0.39, 0.29) is 5.89 Å². The summed E-state index contributed by atoms with van der Waals surface area (Å²) in [7, 11) is 3.49. The van der Waals surface area contributed by atoms with Crippen LogP contribution in [0.2, 0.25) is 0 Å². The number of nitrogens with zero attached hydrogens (tertiary/aromatic N) is 3. The monoisotopic (exact) mass is 341 g/mol. The molecule has 2 aromatic heterocycles. The van der Waals surface area contributed by atoms with Gasteiger partial charge >= 0.3 is 0 Å². The predicted molar refractivity (Wildman–Crippen MR) is 92.6 cm³/mol. The van der Waals surface area contributed by atoms with E-state index in [4.69, 9.17) is 9.15 Å². The molecule has 0 radical (unpaired) electrons. The van der Waals surface area contributed by atoms with E-state index in [0.29, 0.717) is 23.6 Å². The van der Waals surface area contributed by atoms with Crippen LogP contribution in [0.3, 0.4) is 0 Å². The third-order valence-electron chi connectivity index (χ3n) is 3.89. The summed E-state index contributed by atoms with van der Waals surface area (Å²) in [6, 6.07) is 8.56. The number of pyridine rings is 1. The van der Waals surface area contributed by atoms with E-state index < -0.39 is 5.82 Å². The molecule has 5 nitrogen and oxygen atoms in total. The van der Waals surface area contributed by atoms with E-state index in [1.165, 1.54) is 13.2 Å². The van der Waals surface area contributed by atoms with Crippen molar-refractivity contribution in [1.29, 1.82) is 0 Å². The maximum atomic E-state index is 14.2. The molecule has 3 aromatic rings. The summed E-state index contributed by atoms with van der Waals surface area (Å²) in [5.74, 6) is 1.00. The molecule has 6 heteroatoms. The molecule has 2 heterocycles. The molecule has 0 atom stereocenters. The molecule has 0 bridgehead atoms. The number of hydrogen-bond donors (Lipinski definition) is 0. The summed E-state index contributed by atoms with van der Waals surface area (Å²) in [6.45, 7) is 3.18. The molecule has 0 saturated heterocycles. The third kappa shape index (κ3) is 4.03. The SMILES string of the molecule is COc1ccc(-c2nc(CN(C)Cc3cccnc3)c(C)o2)c(F)c1. The van der Waals surface area contributed by atoms with Crippen LogP contribution < -0.4 is 4.74 Å². The van der Waals surface area contributed by atoms with E-state index >= 15 is 0 Å². The van der Waals surface area contributed by atoms with Gasteiger partial charge in [-0.2, -0.15) is 0 Å². The first-order valence-corrected chi connectivity index (χ1v) is 7.94. The van der Waals surface area contributed by atoms with Crippen molar-refractivity contribution in [3.63, 3.8) is 0 Å². The van der Waals surface area contributed by atoms with Crippen molar-refractivity contribution in [2.75, 3.05) is 14.2 Å². The lowest BCUT2D eigenvalue weighted by Crippen LogP contribution is -2.18. The van der Waals surface area contributed by atoms with Crippen molar-refractivity contribution in [3.8, 4) is 17.2 Å². The minimum Gasteiger partial charge on any atom is -0.497 e. The summed E-state index contributed by atoms with van der Waals surface area (Å²) in [6.07, 6.45) is 3.59. The Bertz CT molecular complexity index is 849. The van der Waals surface area contributed by atoms with Crippen LogP contribution in [-0.2, 0) is 13.1 Å². The van der Waals surface area contributed by atoms with Crippen LogP contribution >= 0.6 is 0 Å². The fourth-order valence-electron chi connectivity index (χ4n) is 2.60. The van der Waals surface area contributed by atoms with Gasteiger partial charge in [-0.25, -0.2) is 9.37 Å². The standard InChI is InChI=1S/C19H20FN3O2/c1-13-18(12-23(2)11-14-5-4-8-21-10-14)22-19(25-13)16-7-6-15(24-3)9-17(16)20/h4-10H,11-12H2,1-3H3. The molecule has 130 valence electrons. The zero-order chi connectivity index (χ0) is 17.8. The number of ether oxygens (including phenoxy) is 1. The predicted octanol–water partition coefficient (Wildman–Crippen LogP) is 3.82. The number of oxazole rings is 1. The average Bonchev–Trinajstić information content (AvgIpc) is 2.95. The molecule has 3 rings (SSSR count). The third-order valence-corrected chi connectivity index (χ3v) is 3.89. The first kappa shape index (κ1) is 17.1.